The summed E-state index contributed by atoms with van der Waals surface area (Å²) in [5, 5.41) is 30.2. The van der Waals surface area contributed by atoms with Gasteiger partial charge in [-0.1, -0.05) is 62.7 Å². The number of carbonyl (C=O) groups excluding carboxylic acids is 5. The van der Waals surface area contributed by atoms with Crippen LogP contribution in [0.25, 0.3) is 0 Å². The molecule has 0 radical (unpaired) electrons. The zero-order valence-electron chi connectivity index (χ0n) is 27.6. The van der Waals surface area contributed by atoms with E-state index < -0.39 is 71.8 Å². The molecule has 0 bridgehead atoms. The van der Waals surface area contributed by atoms with Crippen molar-refractivity contribution in [3.05, 3.63) is 52.8 Å². The number of alkyl carbamates (subject to hydrolysis) is 1. The number of nitrogens with one attached hydrogen (secondary N) is 4. The van der Waals surface area contributed by atoms with Crippen LogP contribution in [0.3, 0.4) is 0 Å². The zero-order chi connectivity index (χ0) is 36.1. The normalized spacial score (nSPS) is 16.6. The fourth-order valence-electron chi connectivity index (χ4n) is 5.00. The Balaban J connectivity index is 1.75. The first-order valence-corrected chi connectivity index (χ1v) is 15.9. The van der Waals surface area contributed by atoms with Crippen molar-refractivity contribution in [1.82, 2.24) is 41.5 Å². The van der Waals surface area contributed by atoms with Gasteiger partial charge in [-0.05, 0) is 47.2 Å². The molecule has 2 aromatic rings. The smallest absolute Gasteiger partial charge is 0.408 e. The maximum absolute atomic E-state index is 14.0. The highest BCUT2D eigenvalue weighted by molar-refractivity contribution is 6.41. The molecule has 1 aliphatic heterocycles. The van der Waals surface area contributed by atoms with E-state index in [9.17, 15) is 33.9 Å². The standard InChI is InChI=1S/C31H41ClN8O9/c1-5-48-29(46)20(32)14-19(15-23-36-38-39-37-23)33-27(44)22-12-9-13-40(22)28(45)25(31(2,3)4)35-26(43)21(16-24(41)42)34-30(47)49-17-18-10-7-6-8-11-18/h6-8,10-11,14,19,21-22,25H,5,9,12-13,15-17H2,1-4H3,(H,33,44)(H,34,47)(H,35,43)(H,41,42)(H,36,37,38,39)/b20-14-/t19-,21+,22-,25+/m1/s1. The van der Waals surface area contributed by atoms with E-state index in [1.807, 2.05) is 0 Å². The van der Waals surface area contributed by atoms with E-state index in [1.54, 1.807) is 58.0 Å². The number of aliphatic carboxylic acids is 1. The first kappa shape index (κ1) is 38.4. The molecular formula is C31H41ClN8O9. The van der Waals surface area contributed by atoms with Crippen molar-refractivity contribution in [3.63, 3.8) is 0 Å². The van der Waals surface area contributed by atoms with E-state index in [2.05, 4.69) is 36.6 Å². The number of aromatic nitrogens is 4. The van der Waals surface area contributed by atoms with E-state index in [-0.39, 0.29) is 31.2 Å². The Morgan fingerprint density at radius 2 is 1.82 bits per heavy atom. The van der Waals surface area contributed by atoms with Crippen molar-refractivity contribution in [3.8, 4) is 0 Å². The van der Waals surface area contributed by atoms with Gasteiger partial charge in [-0.25, -0.2) is 14.7 Å². The SMILES string of the molecule is CCOC(=O)/C(Cl)=C/[C@H](Cc1nnn[nH]1)NC(=O)[C@H]1CCCN1C(=O)[C@H](NC(=O)[C@H](CC(=O)O)NC(=O)OCc1ccccc1)C(C)(C)C. The zero-order valence-corrected chi connectivity index (χ0v) is 28.4. The minimum Gasteiger partial charge on any atom is -0.481 e. The molecule has 266 valence electrons. The summed E-state index contributed by atoms with van der Waals surface area (Å²) < 4.78 is 10.1. The highest BCUT2D eigenvalue weighted by atomic mass is 35.5. The summed E-state index contributed by atoms with van der Waals surface area (Å²) >= 11 is 6.14. The summed E-state index contributed by atoms with van der Waals surface area (Å²) in [5.74, 6) is -3.94. The van der Waals surface area contributed by atoms with Crippen molar-refractivity contribution in [1.29, 1.82) is 0 Å². The van der Waals surface area contributed by atoms with E-state index in [0.717, 1.165) is 0 Å². The summed E-state index contributed by atoms with van der Waals surface area (Å²) in [7, 11) is 0. The number of H-pyrrole nitrogens is 1. The van der Waals surface area contributed by atoms with Crippen molar-refractivity contribution in [2.24, 2.45) is 5.41 Å². The molecule has 0 spiro atoms. The highest BCUT2D eigenvalue weighted by Crippen LogP contribution is 2.26. The number of nitrogens with zero attached hydrogens (tertiary/aromatic N) is 4. The van der Waals surface area contributed by atoms with Crippen LogP contribution in [0.15, 0.2) is 41.4 Å². The molecule has 1 aliphatic rings. The number of hydrogen-bond donors (Lipinski definition) is 5. The number of carboxylic acids is 1. The van der Waals surface area contributed by atoms with Crippen LogP contribution >= 0.6 is 11.6 Å². The summed E-state index contributed by atoms with van der Waals surface area (Å²) in [4.78, 5) is 78.6. The van der Waals surface area contributed by atoms with Gasteiger partial charge in [-0.2, -0.15) is 0 Å². The molecule has 3 rings (SSSR count). The second kappa shape index (κ2) is 17.9. The van der Waals surface area contributed by atoms with Crippen molar-refractivity contribution >= 4 is 47.4 Å². The maximum Gasteiger partial charge on any atom is 0.408 e. The third kappa shape index (κ3) is 11.8. The molecule has 49 heavy (non-hydrogen) atoms. The van der Waals surface area contributed by atoms with E-state index in [0.29, 0.717) is 24.2 Å². The van der Waals surface area contributed by atoms with Crippen LogP contribution in [-0.4, -0.2) is 104 Å². The molecule has 0 aliphatic carbocycles. The Labute approximate surface area is 287 Å². The second-order valence-electron chi connectivity index (χ2n) is 12.3. The fourth-order valence-corrected chi connectivity index (χ4v) is 5.21. The minimum absolute atomic E-state index is 0.0292. The van der Waals surface area contributed by atoms with Crippen LogP contribution in [-0.2, 0) is 46.5 Å². The van der Waals surface area contributed by atoms with E-state index >= 15 is 0 Å². The summed E-state index contributed by atoms with van der Waals surface area (Å²) in [6, 6.07) is 4.12. The van der Waals surface area contributed by atoms with Gasteiger partial charge in [0.1, 0.15) is 29.8 Å². The number of amides is 4. The molecule has 5 N–H and O–H groups in total. The number of carbonyl (C=O) groups is 6. The van der Waals surface area contributed by atoms with Gasteiger partial charge in [0.05, 0.1) is 19.1 Å². The summed E-state index contributed by atoms with van der Waals surface area (Å²) in [5.41, 5.74) is -0.228. The maximum atomic E-state index is 14.0. The van der Waals surface area contributed by atoms with Gasteiger partial charge in [-0.3, -0.25) is 19.2 Å². The lowest BCUT2D eigenvalue weighted by atomic mass is 9.85. The fraction of sp³-hybridized carbons (Fsp3) is 0.516. The van der Waals surface area contributed by atoms with Crippen molar-refractivity contribution in [2.75, 3.05) is 13.2 Å². The Morgan fingerprint density at radius 3 is 2.43 bits per heavy atom. The number of hydrogen-bond acceptors (Lipinski definition) is 11. The number of esters is 1. The summed E-state index contributed by atoms with van der Waals surface area (Å²) in [6.07, 6.45) is 0.288. The number of carboxylic acid groups (broad SMARTS) is 1. The highest BCUT2D eigenvalue weighted by Gasteiger charge is 2.43. The molecule has 0 saturated carbocycles. The lowest BCUT2D eigenvalue weighted by Crippen LogP contribution is -2.60. The molecule has 1 aromatic carbocycles. The van der Waals surface area contributed by atoms with Gasteiger partial charge in [0.2, 0.25) is 17.7 Å². The molecule has 4 atom stereocenters. The Morgan fingerprint density at radius 1 is 1.10 bits per heavy atom. The lowest BCUT2D eigenvalue weighted by molar-refractivity contribution is -0.145. The van der Waals surface area contributed by atoms with Gasteiger partial charge in [0.25, 0.3) is 0 Å². The van der Waals surface area contributed by atoms with Crippen LogP contribution in [0.2, 0.25) is 0 Å². The van der Waals surface area contributed by atoms with Gasteiger partial charge in [0, 0.05) is 13.0 Å². The number of likely N-dealkylation sites (tertiary alicyclic amines) is 1. The van der Waals surface area contributed by atoms with Gasteiger partial charge in [0.15, 0.2) is 5.82 Å². The second-order valence-corrected chi connectivity index (χ2v) is 12.7. The minimum atomic E-state index is -1.57. The largest absolute Gasteiger partial charge is 0.481 e. The predicted octanol–water partition coefficient (Wildman–Crippen LogP) is 1.20. The van der Waals surface area contributed by atoms with E-state index in [1.165, 1.54) is 11.0 Å². The van der Waals surface area contributed by atoms with Crippen LogP contribution in [0.4, 0.5) is 4.79 Å². The molecule has 4 amide bonds. The van der Waals surface area contributed by atoms with Crippen molar-refractivity contribution in [2.45, 2.75) is 84.2 Å². The molecule has 1 saturated heterocycles. The van der Waals surface area contributed by atoms with Gasteiger partial charge < -0.3 is 35.4 Å². The van der Waals surface area contributed by atoms with Gasteiger partial charge >= 0.3 is 18.0 Å². The van der Waals surface area contributed by atoms with Crippen LogP contribution in [0.1, 0.15) is 58.3 Å². The number of ether oxygens (including phenoxy) is 2. The average Bonchev–Trinajstić information content (AvgIpc) is 3.74. The lowest BCUT2D eigenvalue weighted by Gasteiger charge is -2.36. The molecule has 2 heterocycles. The summed E-state index contributed by atoms with van der Waals surface area (Å²) in [6.45, 7) is 6.86. The Hall–Kier alpha value is -5.06. The van der Waals surface area contributed by atoms with Gasteiger partial charge in [-0.15, -0.1) is 5.10 Å². The van der Waals surface area contributed by atoms with Crippen LogP contribution in [0.5, 0.6) is 0 Å². The van der Waals surface area contributed by atoms with Crippen LogP contribution < -0.4 is 16.0 Å². The first-order chi connectivity index (χ1) is 23.2. The molecule has 18 heteroatoms. The third-order valence-corrected chi connectivity index (χ3v) is 7.67. The predicted molar refractivity (Wildman–Crippen MR) is 172 cm³/mol. The number of tetrazole rings is 1. The average molecular weight is 705 g/mol. The number of aromatic amines is 1. The molecule has 1 aromatic heterocycles. The molecule has 1 fully saturated rings. The third-order valence-electron chi connectivity index (χ3n) is 7.39. The number of benzene rings is 1. The topological polar surface area (TPSA) is 235 Å². The van der Waals surface area contributed by atoms with Crippen molar-refractivity contribution < 1.29 is 43.3 Å². The number of rotatable bonds is 15. The monoisotopic (exact) mass is 704 g/mol. The van der Waals surface area contributed by atoms with E-state index in [4.69, 9.17) is 21.1 Å². The molecule has 0 unspecified atom stereocenters. The first-order valence-electron chi connectivity index (χ1n) is 15.6. The Kier molecular flexibility index (Phi) is 14.0. The molecule has 17 nitrogen and oxygen atoms in total. The number of halogens is 1. The molecular weight excluding hydrogens is 664 g/mol. The van der Waals surface area contributed by atoms with Crippen LogP contribution in [0, 0.1) is 5.41 Å². The quantitative estimate of drug-likeness (QED) is 0.130. The Bertz CT molecular complexity index is 1500.